The molecule has 0 unspecified atom stereocenters. The summed E-state index contributed by atoms with van der Waals surface area (Å²) in [7, 11) is 0. The predicted molar refractivity (Wildman–Crippen MR) is 35.8 cm³/mol. The third-order valence-electron chi connectivity index (χ3n) is 0.736. The SMILES string of the molecule is C=Cn1ccnc1.[NaH]. The predicted octanol–water partition coefficient (Wildman–Crippen LogP) is 0.335. The Bertz CT molecular complexity index is 145. The van der Waals surface area contributed by atoms with Crippen LogP contribution in [-0.4, -0.2) is 39.1 Å². The molecule has 0 bridgehead atoms. The molecule has 1 heterocycles. The molecule has 0 aliphatic rings. The molecule has 0 fully saturated rings. The molecular weight excluding hydrogens is 111 g/mol. The molecular formula is C5H7N2Na. The molecule has 1 rings (SSSR count). The first-order chi connectivity index (χ1) is 3.43. The van der Waals surface area contributed by atoms with Crippen LogP contribution in [0.5, 0.6) is 0 Å². The molecule has 2 nitrogen and oxygen atoms in total. The fourth-order valence-electron chi connectivity index (χ4n) is 0.377. The van der Waals surface area contributed by atoms with Gasteiger partial charge in [0.25, 0.3) is 0 Å². The van der Waals surface area contributed by atoms with Crippen molar-refractivity contribution in [2.45, 2.75) is 0 Å². The van der Waals surface area contributed by atoms with Crippen LogP contribution in [0, 0.1) is 0 Å². The molecule has 0 atom stereocenters. The van der Waals surface area contributed by atoms with E-state index in [1.165, 1.54) is 0 Å². The molecule has 3 heteroatoms. The molecule has 0 spiro atoms. The summed E-state index contributed by atoms with van der Waals surface area (Å²) in [5, 5.41) is 0. The molecule has 0 aliphatic heterocycles. The van der Waals surface area contributed by atoms with Crippen molar-refractivity contribution in [1.29, 1.82) is 0 Å². The molecule has 0 radical (unpaired) electrons. The van der Waals surface area contributed by atoms with E-state index in [1.54, 1.807) is 23.3 Å². The van der Waals surface area contributed by atoms with Crippen LogP contribution in [0.25, 0.3) is 6.20 Å². The normalized spacial score (nSPS) is 7.50. The van der Waals surface area contributed by atoms with Crippen LogP contribution in [0.4, 0.5) is 0 Å². The Labute approximate surface area is 70.5 Å². The van der Waals surface area contributed by atoms with E-state index in [0.717, 1.165) is 0 Å². The number of hydrogen-bond donors (Lipinski definition) is 0. The second kappa shape index (κ2) is 3.89. The number of hydrogen-bond acceptors (Lipinski definition) is 1. The summed E-state index contributed by atoms with van der Waals surface area (Å²) < 4.78 is 1.78. The average Bonchev–Trinajstić information content (AvgIpc) is 2.14. The average molecular weight is 118 g/mol. The molecule has 8 heavy (non-hydrogen) atoms. The van der Waals surface area contributed by atoms with Crippen LogP contribution in [0.3, 0.4) is 0 Å². The number of imidazole rings is 1. The third kappa shape index (κ3) is 1.82. The molecule has 1 aromatic rings. The van der Waals surface area contributed by atoms with Gasteiger partial charge in [0.2, 0.25) is 0 Å². The van der Waals surface area contributed by atoms with Crippen LogP contribution < -0.4 is 0 Å². The van der Waals surface area contributed by atoms with Crippen molar-refractivity contribution in [3.05, 3.63) is 25.3 Å². The van der Waals surface area contributed by atoms with Gasteiger partial charge >= 0.3 is 29.6 Å². The van der Waals surface area contributed by atoms with Gasteiger partial charge in [-0.3, -0.25) is 0 Å². The summed E-state index contributed by atoms with van der Waals surface area (Å²) in [5.74, 6) is 0. The molecule has 0 aliphatic carbocycles. The van der Waals surface area contributed by atoms with E-state index in [1.807, 2.05) is 6.20 Å². The fourth-order valence-corrected chi connectivity index (χ4v) is 0.377. The van der Waals surface area contributed by atoms with Crippen molar-refractivity contribution in [2.24, 2.45) is 0 Å². The Balaban J connectivity index is 0.000000490. The Morgan fingerprint density at radius 3 is 2.62 bits per heavy atom. The van der Waals surface area contributed by atoms with E-state index in [4.69, 9.17) is 0 Å². The fraction of sp³-hybridized carbons (Fsp3) is 0. The van der Waals surface area contributed by atoms with Crippen LogP contribution in [0.2, 0.25) is 0 Å². The van der Waals surface area contributed by atoms with E-state index in [-0.39, 0.29) is 29.6 Å². The minimum absolute atomic E-state index is 0. The molecule has 38 valence electrons. The quantitative estimate of drug-likeness (QED) is 0.486. The Kier molecular flexibility index (Phi) is 3.87. The zero-order valence-corrected chi connectivity index (χ0v) is 3.91. The molecule has 0 amide bonds. The van der Waals surface area contributed by atoms with Crippen molar-refractivity contribution < 1.29 is 0 Å². The number of nitrogens with zero attached hydrogens (tertiary/aromatic N) is 2. The first-order valence-corrected chi connectivity index (χ1v) is 2.03. The summed E-state index contributed by atoms with van der Waals surface area (Å²) in [5.41, 5.74) is 0. The van der Waals surface area contributed by atoms with Gasteiger partial charge in [-0.1, -0.05) is 6.58 Å². The van der Waals surface area contributed by atoms with Gasteiger partial charge in [-0.05, 0) is 0 Å². The van der Waals surface area contributed by atoms with Crippen LogP contribution >= 0.6 is 0 Å². The summed E-state index contributed by atoms with van der Waals surface area (Å²) in [6.45, 7) is 3.53. The molecule has 0 aromatic carbocycles. The van der Waals surface area contributed by atoms with Gasteiger partial charge < -0.3 is 4.57 Å². The second-order valence-electron chi connectivity index (χ2n) is 1.19. The van der Waals surface area contributed by atoms with Gasteiger partial charge in [-0.2, -0.15) is 0 Å². The van der Waals surface area contributed by atoms with E-state index in [9.17, 15) is 0 Å². The first kappa shape index (κ1) is 7.95. The summed E-state index contributed by atoms with van der Waals surface area (Å²) >= 11 is 0. The number of aromatic nitrogens is 2. The first-order valence-electron chi connectivity index (χ1n) is 2.03. The van der Waals surface area contributed by atoms with Gasteiger partial charge in [-0.15, -0.1) is 0 Å². The second-order valence-corrected chi connectivity index (χ2v) is 1.19. The molecule has 0 saturated heterocycles. The third-order valence-corrected chi connectivity index (χ3v) is 0.736. The van der Waals surface area contributed by atoms with Gasteiger partial charge in [0.1, 0.15) is 0 Å². The molecule has 1 aromatic heterocycles. The van der Waals surface area contributed by atoms with Gasteiger partial charge in [0, 0.05) is 18.6 Å². The molecule has 0 N–H and O–H groups in total. The summed E-state index contributed by atoms with van der Waals surface area (Å²) in [6.07, 6.45) is 6.91. The zero-order chi connectivity index (χ0) is 5.11. The molecule has 0 saturated carbocycles. The van der Waals surface area contributed by atoms with Gasteiger partial charge in [0.05, 0.1) is 6.33 Å². The monoisotopic (exact) mass is 118 g/mol. The van der Waals surface area contributed by atoms with Crippen molar-refractivity contribution in [3.8, 4) is 0 Å². The van der Waals surface area contributed by atoms with Crippen molar-refractivity contribution in [3.63, 3.8) is 0 Å². The summed E-state index contributed by atoms with van der Waals surface area (Å²) in [6, 6.07) is 0. The van der Waals surface area contributed by atoms with Crippen LogP contribution in [-0.2, 0) is 0 Å². The van der Waals surface area contributed by atoms with Crippen molar-refractivity contribution in [1.82, 2.24) is 9.55 Å². The maximum atomic E-state index is 3.78. The maximum absolute atomic E-state index is 3.78. The Morgan fingerprint density at radius 2 is 2.38 bits per heavy atom. The van der Waals surface area contributed by atoms with E-state index in [2.05, 4.69) is 11.6 Å². The summed E-state index contributed by atoms with van der Waals surface area (Å²) in [4.78, 5) is 3.78. The zero-order valence-electron chi connectivity index (χ0n) is 3.91. The Hall–Kier alpha value is -0.0500. The van der Waals surface area contributed by atoms with Gasteiger partial charge in [0.15, 0.2) is 0 Å². The van der Waals surface area contributed by atoms with Crippen molar-refractivity contribution in [2.75, 3.05) is 0 Å². The number of rotatable bonds is 1. The van der Waals surface area contributed by atoms with Crippen LogP contribution in [0.1, 0.15) is 0 Å². The van der Waals surface area contributed by atoms with Crippen molar-refractivity contribution >= 4 is 35.8 Å². The van der Waals surface area contributed by atoms with E-state index in [0.29, 0.717) is 0 Å². The standard InChI is InChI=1S/C5H6N2.Na.H/c1-2-7-4-3-6-5-7;;/h2-5H,1H2;;. The minimum atomic E-state index is 0. The van der Waals surface area contributed by atoms with Gasteiger partial charge in [-0.25, -0.2) is 4.98 Å². The van der Waals surface area contributed by atoms with E-state index >= 15 is 0 Å². The Morgan fingerprint density at radius 1 is 1.62 bits per heavy atom. The van der Waals surface area contributed by atoms with E-state index < -0.39 is 0 Å². The van der Waals surface area contributed by atoms with Crippen LogP contribution in [0.15, 0.2) is 25.3 Å². The topological polar surface area (TPSA) is 17.8 Å².